The fraction of sp³-hybridized carbons (Fsp3) is 0.130. The molecule has 0 bridgehead atoms. The number of anilines is 1. The Bertz CT molecular complexity index is 1150. The minimum Gasteiger partial charge on any atom is -0.478 e. The van der Waals surface area contributed by atoms with Gasteiger partial charge < -0.3 is 15.3 Å². The van der Waals surface area contributed by atoms with Crippen molar-refractivity contribution in [2.45, 2.75) is 19.0 Å². The number of benzene rings is 2. The first-order valence-corrected chi connectivity index (χ1v) is 9.56. The summed E-state index contributed by atoms with van der Waals surface area (Å²) in [5, 5.41) is 11.6. The van der Waals surface area contributed by atoms with E-state index in [0.717, 1.165) is 17.3 Å². The van der Waals surface area contributed by atoms with E-state index in [1.165, 1.54) is 24.3 Å². The minimum atomic E-state index is -1.11. The third kappa shape index (κ3) is 4.28. The van der Waals surface area contributed by atoms with Crippen molar-refractivity contribution in [2.75, 3.05) is 5.32 Å². The Morgan fingerprint density at radius 3 is 2.48 bits per heavy atom. The number of carbonyl (C=O) groups is 3. The third-order valence-electron chi connectivity index (χ3n) is 5.11. The number of pyridine rings is 1. The van der Waals surface area contributed by atoms with E-state index in [1.54, 1.807) is 29.2 Å². The van der Waals surface area contributed by atoms with Gasteiger partial charge in [-0.15, -0.1) is 0 Å². The van der Waals surface area contributed by atoms with E-state index in [9.17, 15) is 18.8 Å². The number of nitrogens with zero attached hydrogens (tertiary/aromatic N) is 2. The number of nitrogens with one attached hydrogen (secondary N) is 1. The van der Waals surface area contributed by atoms with Gasteiger partial charge in [0.1, 0.15) is 11.6 Å². The predicted octanol–water partition coefficient (Wildman–Crippen LogP) is 3.64. The first-order valence-electron chi connectivity index (χ1n) is 9.56. The van der Waals surface area contributed by atoms with E-state index in [-0.39, 0.29) is 42.0 Å². The van der Waals surface area contributed by atoms with Gasteiger partial charge in [-0.1, -0.05) is 30.3 Å². The highest BCUT2D eigenvalue weighted by atomic mass is 19.1. The normalized spacial score (nSPS) is 14.9. The summed E-state index contributed by atoms with van der Waals surface area (Å²) >= 11 is 0. The summed E-state index contributed by atoms with van der Waals surface area (Å²) in [6.07, 6.45) is 1.15. The zero-order valence-electron chi connectivity index (χ0n) is 16.3. The van der Waals surface area contributed by atoms with Crippen LogP contribution in [0.2, 0.25) is 0 Å². The molecule has 8 heteroatoms. The molecule has 0 fully saturated rings. The zero-order valence-corrected chi connectivity index (χ0v) is 16.3. The minimum absolute atomic E-state index is 0.00763. The van der Waals surface area contributed by atoms with Crippen molar-refractivity contribution in [1.82, 2.24) is 9.88 Å². The SMILES string of the molecule is O=C(CC1c2ccccc2C(=O)N1Cc1ccc(F)cc1)Nc1ccc(C(=O)O)cn1. The van der Waals surface area contributed by atoms with E-state index in [4.69, 9.17) is 5.11 Å². The lowest BCUT2D eigenvalue weighted by molar-refractivity contribution is -0.117. The van der Waals surface area contributed by atoms with Crippen molar-refractivity contribution in [3.63, 3.8) is 0 Å². The van der Waals surface area contributed by atoms with Crippen molar-refractivity contribution >= 4 is 23.6 Å². The van der Waals surface area contributed by atoms with Crippen molar-refractivity contribution in [3.05, 3.63) is 94.9 Å². The molecule has 0 spiro atoms. The highest BCUT2D eigenvalue weighted by molar-refractivity contribution is 6.00. The molecule has 156 valence electrons. The van der Waals surface area contributed by atoms with Gasteiger partial charge in [-0.25, -0.2) is 14.2 Å². The number of hydrogen-bond donors (Lipinski definition) is 2. The lowest BCUT2D eigenvalue weighted by Gasteiger charge is -2.25. The smallest absolute Gasteiger partial charge is 0.337 e. The first-order chi connectivity index (χ1) is 14.9. The molecule has 2 N–H and O–H groups in total. The molecule has 4 rings (SSSR count). The second-order valence-electron chi connectivity index (χ2n) is 7.15. The maximum Gasteiger partial charge on any atom is 0.337 e. The van der Waals surface area contributed by atoms with Crippen molar-refractivity contribution in [2.24, 2.45) is 0 Å². The summed E-state index contributed by atoms with van der Waals surface area (Å²) < 4.78 is 13.2. The Hall–Kier alpha value is -4.07. The predicted molar refractivity (Wildman–Crippen MR) is 110 cm³/mol. The summed E-state index contributed by atoms with van der Waals surface area (Å²) in [5.41, 5.74) is 2.04. The maximum absolute atomic E-state index is 13.2. The first kappa shape index (κ1) is 20.2. The van der Waals surface area contributed by atoms with Crippen LogP contribution >= 0.6 is 0 Å². The van der Waals surface area contributed by atoms with Crippen LogP contribution in [0, 0.1) is 5.82 Å². The van der Waals surface area contributed by atoms with Gasteiger partial charge in [0.25, 0.3) is 5.91 Å². The van der Waals surface area contributed by atoms with Gasteiger partial charge in [0.15, 0.2) is 0 Å². The Kier molecular flexibility index (Phi) is 5.44. The van der Waals surface area contributed by atoms with Gasteiger partial charge in [-0.05, 0) is 41.5 Å². The van der Waals surface area contributed by atoms with Crippen LogP contribution in [-0.4, -0.2) is 32.8 Å². The maximum atomic E-state index is 13.2. The number of carbonyl (C=O) groups excluding carboxylic acids is 2. The average Bonchev–Trinajstić information content (AvgIpc) is 3.01. The summed E-state index contributed by atoms with van der Waals surface area (Å²) in [4.78, 5) is 42.1. The molecule has 7 nitrogen and oxygen atoms in total. The average molecular weight is 419 g/mol. The Balaban J connectivity index is 1.54. The molecular weight excluding hydrogens is 401 g/mol. The van der Waals surface area contributed by atoms with E-state index in [0.29, 0.717) is 5.56 Å². The second kappa shape index (κ2) is 8.35. The van der Waals surface area contributed by atoms with Crippen LogP contribution in [0.5, 0.6) is 0 Å². The van der Waals surface area contributed by atoms with E-state index in [2.05, 4.69) is 10.3 Å². The molecule has 1 aromatic heterocycles. The van der Waals surface area contributed by atoms with Crippen LogP contribution in [0.25, 0.3) is 0 Å². The molecule has 31 heavy (non-hydrogen) atoms. The summed E-state index contributed by atoms with van der Waals surface area (Å²) in [7, 11) is 0. The van der Waals surface area contributed by atoms with Gasteiger partial charge in [0.05, 0.1) is 18.0 Å². The van der Waals surface area contributed by atoms with Crippen LogP contribution in [0.4, 0.5) is 10.2 Å². The number of aromatic carboxylic acids is 1. The highest BCUT2D eigenvalue weighted by Crippen LogP contribution is 2.37. The van der Waals surface area contributed by atoms with Gasteiger partial charge in [0, 0.05) is 18.3 Å². The largest absolute Gasteiger partial charge is 0.478 e. The van der Waals surface area contributed by atoms with Crippen LogP contribution < -0.4 is 5.32 Å². The third-order valence-corrected chi connectivity index (χ3v) is 5.11. The fourth-order valence-corrected chi connectivity index (χ4v) is 3.60. The lowest BCUT2D eigenvalue weighted by atomic mass is 10.0. The molecular formula is C23H18FN3O4. The molecule has 0 saturated heterocycles. The van der Waals surface area contributed by atoms with Gasteiger partial charge in [-0.3, -0.25) is 9.59 Å². The number of hydrogen-bond acceptors (Lipinski definition) is 4. The molecule has 1 aliphatic heterocycles. The molecule has 0 aliphatic carbocycles. The number of carboxylic acid groups (broad SMARTS) is 1. The zero-order chi connectivity index (χ0) is 22.0. The van der Waals surface area contributed by atoms with Crippen molar-refractivity contribution in [3.8, 4) is 0 Å². The highest BCUT2D eigenvalue weighted by Gasteiger charge is 2.37. The second-order valence-corrected chi connectivity index (χ2v) is 7.15. The van der Waals surface area contributed by atoms with E-state index < -0.39 is 12.0 Å². The molecule has 1 unspecified atom stereocenters. The molecule has 2 heterocycles. The summed E-state index contributed by atoms with van der Waals surface area (Å²) in [6.45, 7) is 0.233. The number of aromatic nitrogens is 1. The summed E-state index contributed by atoms with van der Waals surface area (Å²) in [6, 6.07) is 15.3. The van der Waals surface area contributed by atoms with Crippen molar-refractivity contribution < 1.29 is 23.9 Å². The van der Waals surface area contributed by atoms with Crippen LogP contribution in [0.1, 0.15) is 44.3 Å². The molecule has 0 radical (unpaired) electrons. The standard InChI is InChI=1S/C23H18FN3O4/c24-16-8-5-14(6-9-16)13-27-19(17-3-1-2-4-18(17)22(27)29)11-21(28)26-20-10-7-15(12-25-20)23(30)31/h1-10,12,19H,11,13H2,(H,30,31)(H,25,26,28). The molecule has 2 aromatic carbocycles. The number of fused-ring (bicyclic) bond motifs is 1. The number of rotatable bonds is 6. The monoisotopic (exact) mass is 419 g/mol. The Morgan fingerprint density at radius 1 is 1.06 bits per heavy atom. The Morgan fingerprint density at radius 2 is 1.81 bits per heavy atom. The molecule has 0 saturated carbocycles. The molecule has 3 aromatic rings. The fourth-order valence-electron chi connectivity index (χ4n) is 3.60. The number of carboxylic acids is 1. The van der Waals surface area contributed by atoms with E-state index in [1.807, 2.05) is 12.1 Å². The van der Waals surface area contributed by atoms with Crippen LogP contribution in [0.3, 0.4) is 0 Å². The van der Waals surface area contributed by atoms with Gasteiger partial charge >= 0.3 is 5.97 Å². The topological polar surface area (TPSA) is 99.6 Å². The van der Waals surface area contributed by atoms with E-state index >= 15 is 0 Å². The van der Waals surface area contributed by atoms with Gasteiger partial charge in [-0.2, -0.15) is 0 Å². The van der Waals surface area contributed by atoms with Crippen LogP contribution in [0.15, 0.2) is 66.9 Å². The van der Waals surface area contributed by atoms with Gasteiger partial charge in [0.2, 0.25) is 5.91 Å². The molecule has 1 aliphatic rings. The van der Waals surface area contributed by atoms with Crippen molar-refractivity contribution in [1.29, 1.82) is 0 Å². The molecule has 2 amide bonds. The van der Waals surface area contributed by atoms with Crippen LogP contribution in [-0.2, 0) is 11.3 Å². The number of amides is 2. The quantitative estimate of drug-likeness (QED) is 0.635. The summed E-state index contributed by atoms with van der Waals surface area (Å²) in [5.74, 6) is -1.81. The number of halogens is 1. The molecule has 1 atom stereocenters. The Labute approximate surface area is 177 Å². The lowest BCUT2D eigenvalue weighted by Crippen LogP contribution is -2.30.